The highest BCUT2D eigenvalue weighted by Gasteiger charge is 2.33. The first-order chi connectivity index (χ1) is 6.97. The highest BCUT2D eigenvalue weighted by atomic mass is 16.2. The van der Waals surface area contributed by atoms with Crippen molar-refractivity contribution in [1.82, 2.24) is 4.90 Å². The summed E-state index contributed by atoms with van der Waals surface area (Å²) < 4.78 is 0. The van der Waals surface area contributed by atoms with Gasteiger partial charge in [0, 0.05) is 12.6 Å². The number of hydrogen-bond acceptors (Lipinski definition) is 2. The Morgan fingerprint density at radius 2 is 2.07 bits per heavy atom. The Hall–Kier alpha value is -1.04. The summed E-state index contributed by atoms with van der Waals surface area (Å²) in [7, 11) is 0. The number of piperidine rings is 1. The second kappa shape index (κ2) is 4.65. The van der Waals surface area contributed by atoms with E-state index in [0.29, 0.717) is 11.8 Å². The van der Waals surface area contributed by atoms with Gasteiger partial charge in [0.05, 0.1) is 6.07 Å². The number of carbonyl (C=O) groups excluding carboxylic acids is 1. The minimum absolute atomic E-state index is 0.0107. The maximum absolute atomic E-state index is 11.9. The normalized spacial score (nSPS) is 33.3. The van der Waals surface area contributed by atoms with E-state index in [-0.39, 0.29) is 11.9 Å². The highest BCUT2D eigenvalue weighted by Crippen LogP contribution is 2.27. The fourth-order valence-electron chi connectivity index (χ4n) is 2.31. The third-order valence-electron chi connectivity index (χ3n) is 3.44. The number of amides is 1. The van der Waals surface area contributed by atoms with Gasteiger partial charge in [-0.1, -0.05) is 13.8 Å². The van der Waals surface area contributed by atoms with E-state index in [9.17, 15) is 4.79 Å². The minimum atomic E-state index is -0.509. The lowest BCUT2D eigenvalue weighted by Gasteiger charge is -2.41. The van der Waals surface area contributed by atoms with Crippen LogP contribution in [-0.4, -0.2) is 23.4 Å². The van der Waals surface area contributed by atoms with Crippen molar-refractivity contribution in [2.45, 2.75) is 40.2 Å². The molecule has 0 bridgehead atoms. The van der Waals surface area contributed by atoms with E-state index < -0.39 is 5.92 Å². The zero-order chi connectivity index (χ0) is 11.6. The molecule has 0 saturated carbocycles. The molecule has 4 unspecified atom stereocenters. The summed E-state index contributed by atoms with van der Waals surface area (Å²) in [5, 5.41) is 8.76. The molecule has 1 heterocycles. The quantitative estimate of drug-likeness (QED) is 0.662. The van der Waals surface area contributed by atoms with Crippen LogP contribution in [-0.2, 0) is 4.79 Å². The molecular weight excluding hydrogens is 188 g/mol. The second-order valence-corrected chi connectivity index (χ2v) is 4.90. The van der Waals surface area contributed by atoms with Gasteiger partial charge in [-0.2, -0.15) is 5.26 Å². The van der Waals surface area contributed by atoms with Crippen molar-refractivity contribution in [3.8, 4) is 6.07 Å². The lowest BCUT2D eigenvalue weighted by Crippen LogP contribution is -2.50. The number of hydrogen-bond donors (Lipinski definition) is 0. The summed E-state index contributed by atoms with van der Waals surface area (Å²) in [5.41, 5.74) is 0. The third kappa shape index (κ3) is 2.50. The Kier molecular flexibility index (Phi) is 3.73. The van der Waals surface area contributed by atoms with Crippen LogP contribution >= 0.6 is 0 Å². The smallest absolute Gasteiger partial charge is 0.239 e. The zero-order valence-electron chi connectivity index (χ0n) is 10.0. The maximum atomic E-state index is 11.9. The molecule has 15 heavy (non-hydrogen) atoms. The molecule has 0 aromatic rings. The molecule has 0 spiro atoms. The van der Waals surface area contributed by atoms with Gasteiger partial charge in [-0.15, -0.1) is 0 Å². The Bertz CT molecular complexity index is 282. The van der Waals surface area contributed by atoms with Gasteiger partial charge < -0.3 is 4.90 Å². The summed E-state index contributed by atoms with van der Waals surface area (Å²) in [6.45, 7) is 8.91. The number of nitrogens with zero attached hydrogens (tertiary/aromatic N) is 2. The highest BCUT2D eigenvalue weighted by molar-refractivity contribution is 5.81. The molecule has 1 saturated heterocycles. The summed E-state index contributed by atoms with van der Waals surface area (Å²) in [6, 6.07) is 2.29. The van der Waals surface area contributed by atoms with E-state index in [0.717, 1.165) is 6.54 Å². The Morgan fingerprint density at radius 1 is 1.47 bits per heavy atom. The average molecular weight is 208 g/mol. The second-order valence-electron chi connectivity index (χ2n) is 4.90. The first-order valence-corrected chi connectivity index (χ1v) is 5.67. The van der Waals surface area contributed by atoms with Crippen molar-refractivity contribution < 1.29 is 4.79 Å². The summed E-state index contributed by atoms with van der Waals surface area (Å²) >= 11 is 0. The number of likely N-dealkylation sites (tertiary alicyclic amines) is 1. The average Bonchev–Trinajstić information content (AvgIpc) is 2.21. The van der Waals surface area contributed by atoms with Gasteiger partial charge in [-0.05, 0) is 32.1 Å². The van der Waals surface area contributed by atoms with Gasteiger partial charge in [0.15, 0.2) is 0 Å². The molecule has 3 nitrogen and oxygen atoms in total. The first-order valence-electron chi connectivity index (χ1n) is 5.67. The molecule has 1 aliphatic rings. The summed E-state index contributed by atoms with van der Waals surface area (Å²) in [6.07, 6.45) is 1.17. The molecule has 1 aliphatic heterocycles. The fraction of sp³-hybridized carbons (Fsp3) is 0.833. The van der Waals surface area contributed by atoms with Crippen LogP contribution in [0.2, 0.25) is 0 Å². The molecule has 0 aromatic heterocycles. The van der Waals surface area contributed by atoms with Gasteiger partial charge in [0.2, 0.25) is 5.91 Å². The number of nitriles is 1. The van der Waals surface area contributed by atoms with E-state index in [1.54, 1.807) is 6.92 Å². The van der Waals surface area contributed by atoms with Crippen LogP contribution in [0.1, 0.15) is 34.1 Å². The first kappa shape index (κ1) is 12.0. The maximum Gasteiger partial charge on any atom is 0.239 e. The van der Waals surface area contributed by atoms with Crippen molar-refractivity contribution >= 4 is 5.91 Å². The SMILES string of the molecule is CC1CC(C)C(C)N(C(=O)C(C)C#N)C1. The van der Waals surface area contributed by atoms with Gasteiger partial charge in [-0.3, -0.25) is 4.79 Å². The van der Waals surface area contributed by atoms with Crippen molar-refractivity contribution in [3.05, 3.63) is 0 Å². The third-order valence-corrected chi connectivity index (χ3v) is 3.44. The van der Waals surface area contributed by atoms with Crippen molar-refractivity contribution in [1.29, 1.82) is 5.26 Å². The van der Waals surface area contributed by atoms with Crippen LogP contribution in [0.25, 0.3) is 0 Å². The monoisotopic (exact) mass is 208 g/mol. The van der Waals surface area contributed by atoms with Crippen molar-refractivity contribution in [2.75, 3.05) is 6.54 Å². The van der Waals surface area contributed by atoms with Crippen LogP contribution in [0.5, 0.6) is 0 Å². The molecule has 84 valence electrons. The molecular formula is C12H20N2O. The van der Waals surface area contributed by atoms with Gasteiger partial charge in [0.1, 0.15) is 5.92 Å². The van der Waals surface area contributed by atoms with Crippen LogP contribution in [0.4, 0.5) is 0 Å². The van der Waals surface area contributed by atoms with Gasteiger partial charge >= 0.3 is 0 Å². The molecule has 0 radical (unpaired) electrons. The minimum Gasteiger partial charge on any atom is -0.338 e. The van der Waals surface area contributed by atoms with E-state index in [2.05, 4.69) is 20.8 Å². The van der Waals surface area contributed by atoms with E-state index in [1.807, 2.05) is 11.0 Å². The standard InChI is InChI=1S/C12H20N2O/c1-8-5-9(2)11(4)14(7-8)12(15)10(3)6-13/h8-11H,5,7H2,1-4H3. The zero-order valence-corrected chi connectivity index (χ0v) is 10.0. The molecule has 1 fully saturated rings. The fourth-order valence-corrected chi connectivity index (χ4v) is 2.31. The molecule has 0 aliphatic carbocycles. The molecule has 3 heteroatoms. The molecule has 1 rings (SSSR count). The van der Waals surface area contributed by atoms with Crippen LogP contribution in [0.15, 0.2) is 0 Å². The Balaban J connectivity index is 2.75. The molecule has 0 N–H and O–H groups in total. The van der Waals surface area contributed by atoms with E-state index in [4.69, 9.17) is 5.26 Å². The number of rotatable bonds is 1. The Morgan fingerprint density at radius 3 is 2.60 bits per heavy atom. The summed E-state index contributed by atoms with van der Waals surface area (Å²) in [5.74, 6) is 0.558. The van der Waals surface area contributed by atoms with Crippen LogP contribution < -0.4 is 0 Å². The van der Waals surface area contributed by atoms with Gasteiger partial charge in [-0.25, -0.2) is 0 Å². The van der Waals surface area contributed by atoms with Crippen molar-refractivity contribution in [2.24, 2.45) is 17.8 Å². The predicted octanol–water partition coefficient (Wildman–Crippen LogP) is 2.04. The largest absolute Gasteiger partial charge is 0.338 e. The molecule has 4 atom stereocenters. The Labute approximate surface area is 92.1 Å². The molecule has 0 aromatic carbocycles. The topological polar surface area (TPSA) is 44.1 Å². The van der Waals surface area contributed by atoms with Crippen LogP contribution in [0, 0.1) is 29.1 Å². The summed E-state index contributed by atoms with van der Waals surface area (Å²) in [4.78, 5) is 13.8. The lowest BCUT2D eigenvalue weighted by molar-refractivity contribution is -0.139. The van der Waals surface area contributed by atoms with Gasteiger partial charge in [0.25, 0.3) is 0 Å². The molecule has 1 amide bonds. The van der Waals surface area contributed by atoms with E-state index >= 15 is 0 Å². The van der Waals surface area contributed by atoms with Crippen LogP contribution in [0.3, 0.4) is 0 Å². The lowest BCUT2D eigenvalue weighted by atomic mass is 9.85. The number of carbonyl (C=O) groups is 1. The predicted molar refractivity (Wildman–Crippen MR) is 58.9 cm³/mol. The van der Waals surface area contributed by atoms with Crippen molar-refractivity contribution in [3.63, 3.8) is 0 Å². The van der Waals surface area contributed by atoms with E-state index in [1.165, 1.54) is 6.42 Å².